The number of rotatable bonds is 8. The summed E-state index contributed by atoms with van der Waals surface area (Å²) in [6.45, 7) is 4.76. The van der Waals surface area contributed by atoms with Gasteiger partial charge in [-0.05, 0) is 49.2 Å². The lowest BCUT2D eigenvalue weighted by Crippen LogP contribution is -2.20. The molecule has 0 spiro atoms. The second-order valence-corrected chi connectivity index (χ2v) is 7.09. The van der Waals surface area contributed by atoms with Gasteiger partial charge in [-0.25, -0.2) is 0 Å². The van der Waals surface area contributed by atoms with Crippen LogP contribution in [-0.2, 0) is 25.0 Å². The summed E-state index contributed by atoms with van der Waals surface area (Å²) in [5.74, 6) is 1.43. The minimum atomic E-state index is -0.160. The van der Waals surface area contributed by atoms with Crippen molar-refractivity contribution in [2.45, 2.75) is 27.0 Å². The van der Waals surface area contributed by atoms with Crippen LogP contribution >= 0.6 is 0 Å². The fourth-order valence-corrected chi connectivity index (χ4v) is 3.12. The standard InChI is InChI=1S/C24H27N3O3/c1-17-7-5-6-8-22(17)30-16-20-13-19(9-11-23(20)29-4)10-12-24(28)25-14-21-15-27(3)26-18(21)2/h5-13,15H,14,16H2,1-4H3,(H,25,28)/b12-10+. The van der Waals surface area contributed by atoms with E-state index in [1.165, 1.54) is 6.08 Å². The molecule has 6 heteroatoms. The highest BCUT2D eigenvalue weighted by atomic mass is 16.5. The SMILES string of the molecule is COc1ccc(/C=C/C(=O)NCc2cn(C)nc2C)cc1COc1ccccc1C. The maximum atomic E-state index is 12.2. The molecule has 1 heterocycles. The summed E-state index contributed by atoms with van der Waals surface area (Å²) in [5, 5.41) is 7.16. The first kappa shape index (κ1) is 21.2. The van der Waals surface area contributed by atoms with Gasteiger partial charge in [-0.2, -0.15) is 5.10 Å². The van der Waals surface area contributed by atoms with Crippen molar-refractivity contribution in [3.05, 3.63) is 82.7 Å². The highest BCUT2D eigenvalue weighted by Crippen LogP contribution is 2.24. The van der Waals surface area contributed by atoms with E-state index in [0.717, 1.165) is 39.4 Å². The van der Waals surface area contributed by atoms with Crippen LogP contribution in [0.2, 0.25) is 0 Å². The van der Waals surface area contributed by atoms with Gasteiger partial charge in [0.25, 0.3) is 0 Å². The number of benzene rings is 2. The summed E-state index contributed by atoms with van der Waals surface area (Å²) >= 11 is 0. The van der Waals surface area contributed by atoms with Crippen LogP contribution in [0.1, 0.15) is 27.9 Å². The molecular weight excluding hydrogens is 378 g/mol. The zero-order chi connectivity index (χ0) is 21.5. The van der Waals surface area contributed by atoms with Crippen LogP contribution in [0.4, 0.5) is 0 Å². The van der Waals surface area contributed by atoms with Gasteiger partial charge in [0, 0.05) is 37.0 Å². The average molecular weight is 405 g/mol. The number of methoxy groups -OCH3 is 1. The largest absolute Gasteiger partial charge is 0.496 e. The number of amides is 1. The third-order valence-electron chi connectivity index (χ3n) is 4.78. The van der Waals surface area contributed by atoms with Crippen molar-refractivity contribution in [2.75, 3.05) is 7.11 Å². The smallest absolute Gasteiger partial charge is 0.244 e. The summed E-state index contributed by atoms with van der Waals surface area (Å²) in [4.78, 5) is 12.2. The highest BCUT2D eigenvalue weighted by molar-refractivity contribution is 5.91. The molecule has 0 unspecified atom stereocenters. The van der Waals surface area contributed by atoms with Crippen LogP contribution in [0.25, 0.3) is 6.08 Å². The molecule has 3 aromatic rings. The molecule has 1 amide bonds. The van der Waals surface area contributed by atoms with E-state index >= 15 is 0 Å². The van der Waals surface area contributed by atoms with Crippen LogP contribution in [0.15, 0.2) is 54.7 Å². The number of hydrogen-bond acceptors (Lipinski definition) is 4. The zero-order valence-corrected chi connectivity index (χ0v) is 17.8. The van der Waals surface area contributed by atoms with Gasteiger partial charge in [-0.1, -0.05) is 24.3 Å². The first-order valence-electron chi connectivity index (χ1n) is 9.76. The summed E-state index contributed by atoms with van der Waals surface area (Å²) < 4.78 is 13.2. The second-order valence-electron chi connectivity index (χ2n) is 7.09. The van der Waals surface area contributed by atoms with Gasteiger partial charge in [0.15, 0.2) is 0 Å². The first-order chi connectivity index (χ1) is 14.5. The molecule has 0 radical (unpaired) electrons. The molecular formula is C24H27N3O3. The van der Waals surface area contributed by atoms with Crippen LogP contribution in [0.3, 0.4) is 0 Å². The fourth-order valence-electron chi connectivity index (χ4n) is 3.12. The van der Waals surface area contributed by atoms with E-state index < -0.39 is 0 Å². The molecule has 0 aliphatic rings. The maximum Gasteiger partial charge on any atom is 0.244 e. The predicted molar refractivity (Wildman–Crippen MR) is 117 cm³/mol. The normalized spacial score (nSPS) is 10.9. The van der Waals surface area contributed by atoms with Crippen molar-refractivity contribution < 1.29 is 14.3 Å². The minimum absolute atomic E-state index is 0.160. The van der Waals surface area contributed by atoms with Gasteiger partial charge in [0.2, 0.25) is 5.91 Å². The quantitative estimate of drug-likeness (QED) is 0.576. The minimum Gasteiger partial charge on any atom is -0.496 e. The number of ether oxygens (including phenoxy) is 2. The number of carbonyl (C=O) groups is 1. The third-order valence-corrected chi connectivity index (χ3v) is 4.78. The van der Waals surface area contributed by atoms with Gasteiger partial charge in [0.05, 0.1) is 12.8 Å². The molecule has 0 saturated carbocycles. The average Bonchev–Trinajstić information content (AvgIpc) is 3.07. The number of hydrogen-bond donors (Lipinski definition) is 1. The van der Waals surface area contributed by atoms with E-state index in [1.807, 2.05) is 69.6 Å². The summed E-state index contributed by atoms with van der Waals surface area (Å²) in [7, 11) is 3.50. The van der Waals surface area contributed by atoms with Crippen molar-refractivity contribution in [1.29, 1.82) is 0 Å². The lowest BCUT2D eigenvalue weighted by molar-refractivity contribution is -0.116. The Kier molecular flexibility index (Phi) is 6.91. The molecule has 0 fully saturated rings. The van der Waals surface area contributed by atoms with Crippen LogP contribution in [-0.4, -0.2) is 22.8 Å². The van der Waals surface area contributed by atoms with E-state index in [9.17, 15) is 4.79 Å². The third kappa shape index (κ3) is 5.50. The predicted octanol–water partition coefficient (Wildman–Crippen LogP) is 3.95. The van der Waals surface area contributed by atoms with Crippen molar-refractivity contribution in [2.24, 2.45) is 7.05 Å². The molecule has 0 aliphatic heterocycles. The Labute approximate surface area is 177 Å². The van der Waals surface area contributed by atoms with Crippen molar-refractivity contribution >= 4 is 12.0 Å². The molecule has 0 aliphatic carbocycles. The lowest BCUT2D eigenvalue weighted by atomic mass is 10.1. The monoisotopic (exact) mass is 405 g/mol. The molecule has 0 atom stereocenters. The number of aryl methyl sites for hydroxylation is 3. The second kappa shape index (κ2) is 9.78. The number of para-hydroxylation sites is 1. The molecule has 1 aromatic heterocycles. The first-order valence-corrected chi connectivity index (χ1v) is 9.76. The van der Waals surface area contributed by atoms with Crippen molar-refractivity contribution in [3.8, 4) is 11.5 Å². The molecule has 6 nitrogen and oxygen atoms in total. The Morgan fingerprint density at radius 3 is 2.63 bits per heavy atom. The van der Waals surface area contributed by atoms with Crippen molar-refractivity contribution in [1.82, 2.24) is 15.1 Å². The van der Waals surface area contributed by atoms with Gasteiger partial charge in [0.1, 0.15) is 18.1 Å². The topological polar surface area (TPSA) is 65.4 Å². The number of aromatic nitrogens is 2. The molecule has 3 rings (SSSR count). The Morgan fingerprint density at radius 1 is 1.13 bits per heavy atom. The Balaban J connectivity index is 1.64. The van der Waals surface area contributed by atoms with E-state index in [0.29, 0.717) is 13.2 Å². The lowest BCUT2D eigenvalue weighted by Gasteiger charge is -2.12. The molecule has 156 valence electrons. The zero-order valence-electron chi connectivity index (χ0n) is 17.8. The summed E-state index contributed by atoms with van der Waals surface area (Å²) in [6, 6.07) is 13.6. The van der Waals surface area contributed by atoms with Crippen LogP contribution in [0, 0.1) is 13.8 Å². The molecule has 30 heavy (non-hydrogen) atoms. The van der Waals surface area contributed by atoms with Gasteiger partial charge >= 0.3 is 0 Å². The number of carbonyl (C=O) groups excluding carboxylic acids is 1. The van der Waals surface area contributed by atoms with E-state index in [4.69, 9.17) is 9.47 Å². The number of nitrogens with zero attached hydrogens (tertiary/aromatic N) is 2. The van der Waals surface area contributed by atoms with Gasteiger partial charge in [-0.3, -0.25) is 9.48 Å². The Hall–Kier alpha value is -3.54. The summed E-state index contributed by atoms with van der Waals surface area (Å²) in [6.07, 6.45) is 5.21. The highest BCUT2D eigenvalue weighted by Gasteiger charge is 2.07. The van der Waals surface area contributed by atoms with E-state index in [2.05, 4.69) is 10.4 Å². The molecule has 0 bridgehead atoms. The Morgan fingerprint density at radius 2 is 1.93 bits per heavy atom. The van der Waals surface area contributed by atoms with Crippen LogP contribution in [0.5, 0.6) is 11.5 Å². The Bertz CT molecular complexity index is 1050. The van der Waals surface area contributed by atoms with Gasteiger partial charge < -0.3 is 14.8 Å². The number of nitrogens with one attached hydrogen (secondary N) is 1. The van der Waals surface area contributed by atoms with Crippen LogP contribution < -0.4 is 14.8 Å². The van der Waals surface area contributed by atoms with Crippen molar-refractivity contribution in [3.63, 3.8) is 0 Å². The van der Waals surface area contributed by atoms with E-state index in [1.54, 1.807) is 17.9 Å². The molecule has 0 saturated heterocycles. The molecule has 2 aromatic carbocycles. The maximum absolute atomic E-state index is 12.2. The summed E-state index contributed by atoms with van der Waals surface area (Å²) in [5.41, 5.74) is 4.80. The van der Waals surface area contributed by atoms with Gasteiger partial charge in [-0.15, -0.1) is 0 Å². The fraction of sp³-hybridized carbons (Fsp3) is 0.250. The van der Waals surface area contributed by atoms with E-state index in [-0.39, 0.29) is 5.91 Å². The molecule has 1 N–H and O–H groups in total.